The molecule has 0 unspecified atom stereocenters. The monoisotopic (exact) mass is 285 g/mol. The molecule has 1 amide bonds. The molecule has 1 aliphatic heterocycles. The SMILES string of the molecule is CCN(CCC(=O)Nc1nccs1)[C@@H]1COC[C@H]1O. The quantitative estimate of drug-likeness (QED) is 0.798. The van der Waals surface area contributed by atoms with Crippen molar-refractivity contribution >= 4 is 22.4 Å². The number of nitrogens with zero attached hydrogens (tertiary/aromatic N) is 2. The lowest BCUT2D eigenvalue weighted by atomic mass is 10.1. The summed E-state index contributed by atoms with van der Waals surface area (Å²) in [5.41, 5.74) is 0. The number of hydrogen-bond acceptors (Lipinski definition) is 6. The molecule has 2 N–H and O–H groups in total. The molecule has 0 bridgehead atoms. The highest BCUT2D eigenvalue weighted by Gasteiger charge is 2.30. The molecule has 1 fully saturated rings. The Balaban J connectivity index is 1.77. The molecule has 1 aromatic rings. The van der Waals surface area contributed by atoms with Crippen molar-refractivity contribution in [3.05, 3.63) is 11.6 Å². The van der Waals surface area contributed by atoms with Gasteiger partial charge >= 0.3 is 0 Å². The fourth-order valence-corrected chi connectivity index (χ4v) is 2.70. The number of amides is 1. The number of carbonyl (C=O) groups is 1. The Bertz CT molecular complexity index is 399. The van der Waals surface area contributed by atoms with E-state index in [-0.39, 0.29) is 11.9 Å². The van der Waals surface area contributed by atoms with Crippen molar-refractivity contribution in [3.63, 3.8) is 0 Å². The molecule has 0 aliphatic carbocycles. The Morgan fingerprint density at radius 2 is 2.53 bits per heavy atom. The minimum Gasteiger partial charge on any atom is -0.389 e. The highest BCUT2D eigenvalue weighted by Crippen LogP contribution is 2.14. The zero-order valence-electron chi connectivity index (χ0n) is 10.9. The first kappa shape index (κ1) is 14.4. The van der Waals surface area contributed by atoms with E-state index in [0.717, 1.165) is 6.54 Å². The van der Waals surface area contributed by atoms with Gasteiger partial charge in [-0.15, -0.1) is 11.3 Å². The van der Waals surface area contributed by atoms with Crippen molar-refractivity contribution < 1.29 is 14.6 Å². The Morgan fingerprint density at radius 3 is 3.11 bits per heavy atom. The average Bonchev–Trinajstić information content (AvgIpc) is 3.03. The Kier molecular flexibility index (Phi) is 5.26. The van der Waals surface area contributed by atoms with Crippen molar-refractivity contribution in [1.82, 2.24) is 9.88 Å². The predicted molar refractivity (Wildman–Crippen MR) is 73.2 cm³/mol. The minimum absolute atomic E-state index is 0.00216. The van der Waals surface area contributed by atoms with Gasteiger partial charge in [-0.05, 0) is 6.54 Å². The number of hydrogen-bond donors (Lipinski definition) is 2. The maximum atomic E-state index is 11.8. The van der Waals surface area contributed by atoms with E-state index in [0.29, 0.717) is 31.3 Å². The summed E-state index contributed by atoms with van der Waals surface area (Å²) < 4.78 is 5.24. The third kappa shape index (κ3) is 3.97. The van der Waals surface area contributed by atoms with Crippen molar-refractivity contribution in [2.45, 2.75) is 25.5 Å². The molecule has 19 heavy (non-hydrogen) atoms. The van der Waals surface area contributed by atoms with Crippen LogP contribution in [0.25, 0.3) is 0 Å². The number of aliphatic hydroxyl groups is 1. The third-order valence-corrected chi connectivity index (χ3v) is 3.89. The Labute approximate surface area is 116 Å². The van der Waals surface area contributed by atoms with Crippen LogP contribution in [0.2, 0.25) is 0 Å². The van der Waals surface area contributed by atoms with Gasteiger partial charge in [0.1, 0.15) is 0 Å². The minimum atomic E-state index is -0.457. The number of ether oxygens (including phenoxy) is 1. The first-order valence-corrected chi connectivity index (χ1v) is 7.28. The van der Waals surface area contributed by atoms with Gasteiger partial charge in [-0.25, -0.2) is 4.98 Å². The maximum absolute atomic E-state index is 11.8. The molecule has 7 heteroatoms. The van der Waals surface area contributed by atoms with Gasteiger partial charge in [0.15, 0.2) is 5.13 Å². The highest BCUT2D eigenvalue weighted by molar-refractivity contribution is 7.13. The first-order valence-electron chi connectivity index (χ1n) is 6.40. The summed E-state index contributed by atoms with van der Waals surface area (Å²) in [7, 11) is 0. The standard InChI is InChI=1S/C12H19N3O3S/c1-2-15(9-7-18-8-10(9)16)5-3-11(17)14-12-13-4-6-19-12/h4,6,9-10,16H,2-3,5,7-8H2,1H3,(H,13,14,17)/t9-,10-/m1/s1. The van der Waals surface area contributed by atoms with Crippen LogP contribution in [0.4, 0.5) is 5.13 Å². The topological polar surface area (TPSA) is 74.7 Å². The van der Waals surface area contributed by atoms with Gasteiger partial charge < -0.3 is 15.2 Å². The second kappa shape index (κ2) is 6.95. The number of aliphatic hydroxyl groups excluding tert-OH is 1. The molecular formula is C12H19N3O3S. The second-order valence-corrected chi connectivity index (χ2v) is 5.33. The fourth-order valence-electron chi connectivity index (χ4n) is 2.15. The molecular weight excluding hydrogens is 266 g/mol. The molecule has 2 heterocycles. The lowest BCUT2D eigenvalue weighted by Gasteiger charge is -2.28. The maximum Gasteiger partial charge on any atom is 0.227 e. The van der Waals surface area contributed by atoms with Crippen LogP contribution >= 0.6 is 11.3 Å². The van der Waals surface area contributed by atoms with Crippen molar-refractivity contribution in [2.24, 2.45) is 0 Å². The fraction of sp³-hybridized carbons (Fsp3) is 0.667. The lowest BCUT2D eigenvalue weighted by molar-refractivity contribution is -0.116. The molecule has 1 saturated heterocycles. The molecule has 2 atom stereocenters. The summed E-state index contributed by atoms with van der Waals surface area (Å²) in [5, 5.41) is 15.0. The third-order valence-electron chi connectivity index (χ3n) is 3.20. The van der Waals surface area contributed by atoms with E-state index in [1.807, 2.05) is 12.3 Å². The Morgan fingerprint density at radius 1 is 1.68 bits per heavy atom. The van der Waals surface area contributed by atoms with E-state index in [9.17, 15) is 9.90 Å². The molecule has 0 saturated carbocycles. The summed E-state index contributed by atoms with van der Waals surface area (Å²) in [6.45, 7) is 4.33. The average molecular weight is 285 g/mol. The van der Waals surface area contributed by atoms with Crippen LogP contribution in [0.15, 0.2) is 11.6 Å². The van der Waals surface area contributed by atoms with Crippen LogP contribution in [0.1, 0.15) is 13.3 Å². The summed E-state index contributed by atoms with van der Waals surface area (Å²) in [4.78, 5) is 17.9. The van der Waals surface area contributed by atoms with Gasteiger partial charge in [0.05, 0.1) is 25.4 Å². The van der Waals surface area contributed by atoms with Crippen LogP contribution in [0.5, 0.6) is 0 Å². The number of anilines is 1. The van der Waals surface area contributed by atoms with Crippen molar-refractivity contribution in [2.75, 3.05) is 31.6 Å². The molecule has 6 nitrogen and oxygen atoms in total. The molecule has 106 valence electrons. The van der Waals surface area contributed by atoms with Crippen molar-refractivity contribution in [1.29, 1.82) is 0 Å². The number of thiazole rings is 1. The zero-order chi connectivity index (χ0) is 13.7. The Hall–Kier alpha value is -1.02. The van der Waals surface area contributed by atoms with E-state index < -0.39 is 6.10 Å². The van der Waals surface area contributed by atoms with Gasteiger partial charge in [-0.2, -0.15) is 0 Å². The number of nitrogens with one attached hydrogen (secondary N) is 1. The molecule has 1 aromatic heterocycles. The van der Waals surface area contributed by atoms with E-state index in [1.54, 1.807) is 6.20 Å². The number of rotatable bonds is 6. The highest BCUT2D eigenvalue weighted by atomic mass is 32.1. The van der Waals surface area contributed by atoms with E-state index in [2.05, 4.69) is 15.2 Å². The largest absolute Gasteiger partial charge is 0.389 e. The normalized spacial score (nSPS) is 22.9. The summed E-state index contributed by atoms with van der Waals surface area (Å²) >= 11 is 1.40. The summed E-state index contributed by atoms with van der Waals surface area (Å²) in [5.74, 6) is -0.0539. The molecule has 1 aliphatic rings. The van der Waals surface area contributed by atoms with Crippen LogP contribution in [-0.2, 0) is 9.53 Å². The smallest absolute Gasteiger partial charge is 0.227 e. The summed E-state index contributed by atoms with van der Waals surface area (Å²) in [6.07, 6.45) is 1.59. The van der Waals surface area contributed by atoms with Crippen LogP contribution in [-0.4, -0.2) is 59.3 Å². The van der Waals surface area contributed by atoms with Gasteiger partial charge in [0.25, 0.3) is 0 Å². The van der Waals surface area contributed by atoms with E-state index in [1.165, 1.54) is 11.3 Å². The van der Waals surface area contributed by atoms with Gasteiger partial charge in [0.2, 0.25) is 5.91 Å². The number of carbonyl (C=O) groups excluding carboxylic acids is 1. The lowest BCUT2D eigenvalue weighted by Crippen LogP contribution is -2.44. The first-order chi connectivity index (χ1) is 9.20. The predicted octanol–water partition coefficient (Wildman–Crippen LogP) is 0.553. The number of likely N-dealkylation sites (N-methyl/N-ethyl adjacent to an activating group) is 1. The molecule has 0 aromatic carbocycles. The number of aromatic nitrogens is 1. The van der Waals surface area contributed by atoms with Crippen molar-refractivity contribution in [3.8, 4) is 0 Å². The molecule has 0 spiro atoms. The van der Waals surface area contributed by atoms with E-state index >= 15 is 0 Å². The summed E-state index contributed by atoms with van der Waals surface area (Å²) in [6, 6.07) is -0.00216. The van der Waals surface area contributed by atoms with Gasteiger partial charge in [0, 0.05) is 24.5 Å². The van der Waals surface area contributed by atoms with Crippen LogP contribution < -0.4 is 5.32 Å². The van der Waals surface area contributed by atoms with Crippen LogP contribution in [0.3, 0.4) is 0 Å². The zero-order valence-corrected chi connectivity index (χ0v) is 11.7. The van der Waals surface area contributed by atoms with Gasteiger partial charge in [-0.3, -0.25) is 9.69 Å². The van der Waals surface area contributed by atoms with Crippen LogP contribution in [0, 0.1) is 0 Å². The van der Waals surface area contributed by atoms with E-state index in [4.69, 9.17) is 4.74 Å². The second-order valence-electron chi connectivity index (χ2n) is 4.44. The van der Waals surface area contributed by atoms with Gasteiger partial charge in [-0.1, -0.05) is 6.92 Å². The molecule has 2 rings (SSSR count). The molecule has 0 radical (unpaired) electrons.